The van der Waals surface area contributed by atoms with Crippen molar-refractivity contribution in [1.29, 1.82) is 10.5 Å². The summed E-state index contributed by atoms with van der Waals surface area (Å²) < 4.78 is 5.85. The molecule has 0 aliphatic carbocycles. The second kappa shape index (κ2) is 9.73. The third-order valence-electron chi connectivity index (χ3n) is 4.35. The van der Waals surface area contributed by atoms with Gasteiger partial charge < -0.3 is 10.1 Å². The van der Waals surface area contributed by atoms with Crippen LogP contribution in [0.3, 0.4) is 0 Å². The van der Waals surface area contributed by atoms with Crippen LogP contribution in [0.5, 0.6) is 5.75 Å². The predicted octanol–water partition coefficient (Wildman–Crippen LogP) is 3.85. The highest BCUT2D eigenvalue weighted by Crippen LogP contribution is 2.14. The van der Waals surface area contributed by atoms with Gasteiger partial charge in [0.15, 0.2) is 0 Å². The number of carbonyl (C=O) groups excluding carboxylic acids is 1. The number of benzene rings is 3. The van der Waals surface area contributed by atoms with Crippen LogP contribution in [0, 0.1) is 22.7 Å². The number of hydrogen-bond acceptors (Lipinski definition) is 4. The van der Waals surface area contributed by atoms with Crippen LogP contribution in [-0.2, 0) is 6.42 Å². The number of ether oxygens (including phenoxy) is 1. The quantitative estimate of drug-likeness (QED) is 0.673. The van der Waals surface area contributed by atoms with Crippen LogP contribution in [0.15, 0.2) is 78.9 Å². The monoisotopic (exact) mass is 381 g/mol. The van der Waals surface area contributed by atoms with E-state index in [-0.39, 0.29) is 18.6 Å². The van der Waals surface area contributed by atoms with Crippen molar-refractivity contribution in [2.75, 3.05) is 6.61 Å². The molecule has 1 amide bonds. The molecule has 29 heavy (non-hydrogen) atoms. The van der Waals surface area contributed by atoms with E-state index in [9.17, 15) is 4.79 Å². The highest BCUT2D eigenvalue weighted by molar-refractivity contribution is 5.94. The van der Waals surface area contributed by atoms with Crippen molar-refractivity contribution < 1.29 is 9.53 Å². The van der Waals surface area contributed by atoms with Gasteiger partial charge in [-0.05, 0) is 54.4 Å². The molecule has 3 aromatic rings. The van der Waals surface area contributed by atoms with Crippen LogP contribution < -0.4 is 10.1 Å². The number of carbonyl (C=O) groups is 1. The van der Waals surface area contributed by atoms with Gasteiger partial charge in [0.25, 0.3) is 5.91 Å². The van der Waals surface area contributed by atoms with Crippen LogP contribution in [0.1, 0.15) is 27.0 Å². The van der Waals surface area contributed by atoms with Gasteiger partial charge in [-0.2, -0.15) is 10.5 Å². The van der Waals surface area contributed by atoms with Gasteiger partial charge in [-0.25, -0.2) is 0 Å². The Morgan fingerprint density at radius 3 is 2.31 bits per heavy atom. The molecule has 0 aliphatic rings. The van der Waals surface area contributed by atoms with Gasteiger partial charge in [-0.1, -0.05) is 36.4 Å². The minimum Gasteiger partial charge on any atom is -0.491 e. The summed E-state index contributed by atoms with van der Waals surface area (Å²) >= 11 is 0. The van der Waals surface area contributed by atoms with Gasteiger partial charge in [0.05, 0.1) is 29.3 Å². The molecule has 0 fully saturated rings. The maximum atomic E-state index is 12.7. The molecule has 0 unspecified atom stereocenters. The summed E-state index contributed by atoms with van der Waals surface area (Å²) in [6.45, 7) is 0.256. The van der Waals surface area contributed by atoms with E-state index in [1.807, 2.05) is 36.4 Å². The summed E-state index contributed by atoms with van der Waals surface area (Å²) in [6, 6.07) is 27.1. The number of amides is 1. The first-order valence-electron chi connectivity index (χ1n) is 9.16. The summed E-state index contributed by atoms with van der Waals surface area (Å²) in [6.07, 6.45) is 0.598. The van der Waals surface area contributed by atoms with E-state index in [4.69, 9.17) is 15.3 Å². The summed E-state index contributed by atoms with van der Waals surface area (Å²) in [5, 5.41) is 20.9. The Morgan fingerprint density at radius 2 is 1.62 bits per heavy atom. The zero-order chi connectivity index (χ0) is 20.5. The molecule has 5 heteroatoms. The lowest BCUT2D eigenvalue weighted by atomic mass is 10.1. The lowest BCUT2D eigenvalue weighted by molar-refractivity contribution is 0.0921. The number of nitrogens with one attached hydrogen (secondary N) is 1. The molecular formula is C24H19N3O2. The molecule has 0 bridgehead atoms. The summed E-state index contributed by atoms with van der Waals surface area (Å²) in [5.74, 6) is 0.347. The number of nitriles is 2. The topological polar surface area (TPSA) is 85.9 Å². The highest BCUT2D eigenvalue weighted by Gasteiger charge is 2.16. The molecule has 0 saturated heterocycles. The smallest absolute Gasteiger partial charge is 0.251 e. The van der Waals surface area contributed by atoms with E-state index in [2.05, 4.69) is 11.4 Å². The van der Waals surface area contributed by atoms with Crippen molar-refractivity contribution >= 4 is 5.91 Å². The van der Waals surface area contributed by atoms with Gasteiger partial charge in [-0.3, -0.25) is 4.79 Å². The second-order valence-electron chi connectivity index (χ2n) is 6.50. The first-order valence-corrected chi connectivity index (χ1v) is 9.16. The summed E-state index contributed by atoms with van der Waals surface area (Å²) in [7, 11) is 0. The molecule has 0 spiro atoms. The minimum absolute atomic E-state index is 0.232. The van der Waals surface area contributed by atoms with Gasteiger partial charge in [0, 0.05) is 5.56 Å². The Balaban J connectivity index is 1.72. The van der Waals surface area contributed by atoms with Crippen molar-refractivity contribution in [1.82, 2.24) is 5.32 Å². The third-order valence-corrected chi connectivity index (χ3v) is 4.35. The Hall–Kier alpha value is -4.09. The van der Waals surface area contributed by atoms with Crippen LogP contribution in [0.25, 0.3) is 0 Å². The molecule has 1 N–H and O–H groups in total. The molecule has 0 aliphatic heterocycles. The Labute approximate surface area is 169 Å². The summed E-state index contributed by atoms with van der Waals surface area (Å²) in [5.41, 5.74) is 2.58. The fraction of sp³-hybridized carbons (Fsp3) is 0.125. The zero-order valence-corrected chi connectivity index (χ0v) is 15.7. The molecule has 3 rings (SSSR count). The number of rotatable bonds is 7. The maximum absolute atomic E-state index is 12.7. The van der Waals surface area contributed by atoms with Crippen molar-refractivity contribution in [3.8, 4) is 17.9 Å². The Morgan fingerprint density at radius 1 is 0.897 bits per heavy atom. The van der Waals surface area contributed by atoms with Crippen LogP contribution in [0.2, 0.25) is 0 Å². The largest absolute Gasteiger partial charge is 0.491 e. The Kier molecular flexibility index (Phi) is 6.60. The van der Waals surface area contributed by atoms with Crippen molar-refractivity contribution in [3.63, 3.8) is 0 Å². The SMILES string of the molecule is N#Cc1ccc(C(=O)N[C@@H](COc2cccc(C#N)c2)Cc2ccccc2)cc1. The highest BCUT2D eigenvalue weighted by atomic mass is 16.5. The molecule has 3 aromatic carbocycles. The van der Waals surface area contributed by atoms with E-state index >= 15 is 0 Å². The lowest BCUT2D eigenvalue weighted by Crippen LogP contribution is -2.40. The molecule has 1 atom stereocenters. The van der Waals surface area contributed by atoms with E-state index < -0.39 is 0 Å². The fourth-order valence-corrected chi connectivity index (χ4v) is 2.87. The molecule has 0 saturated carbocycles. The predicted molar refractivity (Wildman–Crippen MR) is 109 cm³/mol. The number of nitrogens with zero attached hydrogens (tertiary/aromatic N) is 2. The third kappa shape index (κ3) is 5.69. The minimum atomic E-state index is -0.272. The van der Waals surface area contributed by atoms with Gasteiger partial charge in [0.1, 0.15) is 12.4 Å². The molecule has 0 radical (unpaired) electrons. The van der Waals surface area contributed by atoms with Gasteiger partial charge in [0.2, 0.25) is 0 Å². The zero-order valence-electron chi connectivity index (χ0n) is 15.7. The standard InChI is InChI=1S/C24H19N3O2/c25-15-19-9-11-21(12-10-19)24(28)27-22(13-18-5-2-1-3-6-18)17-29-23-8-4-7-20(14-23)16-26/h1-12,14,22H,13,17H2,(H,27,28)/t22-/m1/s1. The second-order valence-corrected chi connectivity index (χ2v) is 6.50. The van der Waals surface area contributed by atoms with Gasteiger partial charge >= 0.3 is 0 Å². The van der Waals surface area contributed by atoms with E-state index in [0.717, 1.165) is 5.56 Å². The van der Waals surface area contributed by atoms with E-state index in [1.54, 1.807) is 48.5 Å². The van der Waals surface area contributed by atoms with Gasteiger partial charge in [-0.15, -0.1) is 0 Å². The average molecular weight is 381 g/mol. The fourth-order valence-electron chi connectivity index (χ4n) is 2.87. The van der Waals surface area contributed by atoms with Crippen LogP contribution in [0.4, 0.5) is 0 Å². The normalized spacial score (nSPS) is 11.0. The van der Waals surface area contributed by atoms with E-state index in [0.29, 0.717) is 28.9 Å². The maximum Gasteiger partial charge on any atom is 0.251 e. The first kappa shape index (κ1) is 19.7. The van der Waals surface area contributed by atoms with Crippen molar-refractivity contribution in [2.24, 2.45) is 0 Å². The van der Waals surface area contributed by atoms with Crippen LogP contribution in [-0.4, -0.2) is 18.6 Å². The molecule has 142 valence electrons. The number of hydrogen-bond donors (Lipinski definition) is 1. The van der Waals surface area contributed by atoms with Crippen molar-refractivity contribution in [3.05, 3.63) is 101 Å². The van der Waals surface area contributed by atoms with Crippen LogP contribution >= 0.6 is 0 Å². The van der Waals surface area contributed by atoms with Crippen molar-refractivity contribution in [2.45, 2.75) is 12.5 Å². The average Bonchev–Trinajstić information content (AvgIpc) is 2.78. The Bertz CT molecular complexity index is 1050. The first-order chi connectivity index (χ1) is 14.2. The molecular weight excluding hydrogens is 362 g/mol. The molecule has 5 nitrogen and oxygen atoms in total. The molecule has 0 aromatic heterocycles. The molecule has 0 heterocycles. The lowest BCUT2D eigenvalue weighted by Gasteiger charge is -2.20. The summed E-state index contributed by atoms with van der Waals surface area (Å²) in [4.78, 5) is 12.7. The van der Waals surface area contributed by atoms with E-state index in [1.165, 1.54) is 0 Å².